The number of carbonyl (C=O) groups excluding carboxylic acids is 1. The third-order valence-electron chi connectivity index (χ3n) is 3.31. The second-order valence-electron chi connectivity index (χ2n) is 4.84. The topological polar surface area (TPSA) is 73.8 Å². The number of carbonyl (C=O) groups is 1. The van der Waals surface area contributed by atoms with Gasteiger partial charge in [-0.1, -0.05) is 11.6 Å². The number of aromatic nitrogens is 1. The number of halogens is 1. The summed E-state index contributed by atoms with van der Waals surface area (Å²) in [5, 5.41) is 0.346. The standard InChI is InChI=1S/C12H17ClN4O3S/c1-15(2)21(19,20)17-7-5-16(6-8-17)12(18)10-9-14-4-3-11(10)13/h3-4,9H,5-8H2,1-2H3. The molecule has 9 heteroatoms. The SMILES string of the molecule is CN(C)S(=O)(=O)N1CCN(C(=O)c2cnccc2Cl)CC1. The van der Waals surface area contributed by atoms with Crippen molar-refractivity contribution in [2.24, 2.45) is 0 Å². The maximum Gasteiger partial charge on any atom is 0.281 e. The first-order valence-electron chi connectivity index (χ1n) is 6.40. The number of pyridine rings is 1. The molecule has 0 saturated carbocycles. The van der Waals surface area contributed by atoms with Gasteiger partial charge in [0.2, 0.25) is 0 Å². The van der Waals surface area contributed by atoms with Gasteiger partial charge in [-0.25, -0.2) is 0 Å². The summed E-state index contributed by atoms with van der Waals surface area (Å²) in [7, 11) is -0.455. The summed E-state index contributed by atoms with van der Waals surface area (Å²) in [5.74, 6) is -0.227. The van der Waals surface area contributed by atoms with Crippen LogP contribution in [-0.4, -0.2) is 73.1 Å². The molecule has 1 saturated heterocycles. The highest BCUT2D eigenvalue weighted by Crippen LogP contribution is 2.18. The lowest BCUT2D eigenvalue weighted by molar-refractivity contribution is 0.0695. The Kier molecular flexibility index (Phi) is 4.82. The molecule has 0 N–H and O–H groups in total. The Bertz CT molecular complexity index is 627. The van der Waals surface area contributed by atoms with Gasteiger partial charge in [0.05, 0.1) is 10.6 Å². The minimum atomic E-state index is -3.43. The van der Waals surface area contributed by atoms with Gasteiger partial charge >= 0.3 is 0 Å². The van der Waals surface area contributed by atoms with Gasteiger partial charge in [-0.2, -0.15) is 17.0 Å². The van der Waals surface area contributed by atoms with Crippen molar-refractivity contribution in [2.75, 3.05) is 40.3 Å². The van der Waals surface area contributed by atoms with E-state index in [1.807, 2.05) is 0 Å². The summed E-state index contributed by atoms with van der Waals surface area (Å²) in [6, 6.07) is 1.56. The van der Waals surface area contributed by atoms with E-state index in [2.05, 4.69) is 4.98 Å². The molecular formula is C12H17ClN4O3S. The average molecular weight is 333 g/mol. The van der Waals surface area contributed by atoms with Crippen molar-refractivity contribution < 1.29 is 13.2 Å². The average Bonchev–Trinajstić information content (AvgIpc) is 2.47. The van der Waals surface area contributed by atoms with Gasteiger partial charge in [0, 0.05) is 52.7 Å². The number of rotatable bonds is 3. The molecule has 1 aromatic rings. The summed E-state index contributed by atoms with van der Waals surface area (Å²) in [5.41, 5.74) is 0.336. The van der Waals surface area contributed by atoms with Gasteiger partial charge < -0.3 is 4.90 Å². The molecule has 0 atom stereocenters. The van der Waals surface area contributed by atoms with Gasteiger partial charge in [-0.05, 0) is 6.07 Å². The molecule has 0 radical (unpaired) electrons. The number of amides is 1. The van der Waals surface area contributed by atoms with Crippen molar-refractivity contribution in [1.29, 1.82) is 0 Å². The summed E-state index contributed by atoms with van der Waals surface area (Å²) in [6.45, 7) is 1.20. The van der Waals surface area contributed by atoms with Crippen molar-refractivity contribution in [3.63, 3.8) is 0 Å². The molecule has 1 amide bonds. The molecule has 2 heterocycles. The Hall–Kier alpha value is -1.22. The highest BCUT2D eigenvalue weighted by atomic mass is 35.5. The monoisotopic (exact) mass is 332 g/mol. The van der Waals surface area contributed by atoms with Crippen molar-refractivity contribution in [1.82, 2.24) is 18.5 Å². The number of nitrogens with zero attached hydrogens (tertiary/aromatic N) is 4. The highest BCUT2D eigenvalue weighted by Gasteiger charge is 2.30. The second kappa shape index (κ2) is 6.27. The zero-order valence-corrected chi connectivity index (χ0v) is 13.4. The third kappa shape index (κ3) is 3.34. The van der Waals surface area contributed by atoms with Crippen molar-refractivity contribution in [2.45, 2.75) is 0 Å². The Morgan fingerprint density at radius 3 is 2.43 bits per heavy atom. The van der Waals surface area contributed by atoms with Crippen LogP contribution in [0.3, 0.4) is 0 Å². The zero-order valence-electron chi connectivity index (χ0n) is 11.9. The first kappa shape index (κ1) is 16.2. The van der Waals surface area contributed by atoms with Crippen LogP contribution in [0.5, 0.6) is 0 Å². The largest absolute Gasteiger partial charge is 0.336 e. The molecule has 0 unspecified atom stereocenters. The van der Waals surface area contributed by atoms with Gasteiger partial charge in [0.1, 0.15) is 0 Å². The van der Waals surface area contributed by atoms with Gasteiger partial charge in [-0.15, -0.1) is 0 Å². The van der Waals surface area contributed by atoms with Crippen LogP contribution in [0.25, 0.3) is 0 Å². The lowest BCUT2D eigenvalue weighted by atomic mass is 10.2. The fourth-order valence-corrected chi connectivity index (χ4v) is 3.33. The van der Waals surface area contributed by atoms with Crippen LogP contribution in [0.1, 0.15) is 10.4 Å². The minimum absolute atomic E-state index is 0.227. The molecule has 0 bridgehead atoms. The molecule has 1 aromatic heterocycles. The predicted octanol–water partition coefficient (Wildman–Crippen LogP) is 0.299. The molecule has 116 valence electrons. The van der Waals surface area contributed by atoms with Gasteiger partial charge in [0.25, 0.3) is 16.1 Å². The van der Waals surface area contributed by atoms with Crippen LogP contribution in [-0.2, 0) is 10.2 Å². The molecule has 0 aromatic carbocycles. The van der Waals surface area contributed by atoms with Crippen LogP contribution in [0.4, 0.5) is 0 Å². The van der Waals surface area contributed by atoms with Crippen molar-refractivity contribution in [3.05, 3.63) is 29.0 Å². The van der Waals surface area contributed by atoms with Gasteiger partial charge in [-0.3, -0.25) is 9.78 Å². The van der Waals surface area contributed by atoms with Crippen molar-refractivity contribution in [3.8, 4) is 0 Å². The van der Waals surface area contributed by atoms with E-state index in [1.54, 1.807) is 11.0 Å². The first-order chi connectivity index (χ1) is 9.84. The van der Waals surface area contributed by atoms with E-state index in [0.717, 1.165) is 0 Å². The van der Waals surface area contributed by atoms with E-state index in [1.165, 1.54) is 35.1 Å². The summed E-state index contributed by atoms with van der Waals surface area (Å²) < 4.78 is 26.5. The quantitative estimate of drug-likeness (QED) is 0.798. The Labute approximate surface area is 129 Å². The van der Waals surface area contributed by atoms with Crippen LogP contribution in [0, 0.1) is 0 Å². The number of hydrogen-bond donors (Lipinski definition) is 0. The van der Waals surface area contributed by atoms with E-state index >= 15 is 0 Å². The van der Waals surface area contributed by atoms with Crippen LogP contribution in [0.15, 0.2) is 18.5 Å². The maximum absolute atomic E-state index is 12.3. The van der Waals surface area contributed by atoms with E-state index < -0.39 is 10.2 Å². The molecule has 2 rings (SSSR count). The van der Waals surface area contributed by atoms with Gasteiger partial charge in [0.15, 0.2) is 0 Å². The normalized spacial score (nSPS) is 17.2. The highest BCUT2D eigenvalue weighted by molar-refractivity contribution is 7.86. The minimum Gasteiger partial charge on any atom is -0.336 e. The first-order valence-corrected chi connectivity index (χ1v) is 8.18. The Morgan fingerprint density at radius 1 is 1.29 bits per heavy atom. The van der Waals surface area contributed by atoms with Crippen molar-refractivity contribution >= 4 is 27.7 Å². The summed E-state index contributed by atoms with van der Waals surface area (Å²) in [6.07, 6.45) is 2.94. The lowest BCUT2D eigenvalue weighted by Crippen LogP contribution is -2.53. The second-order valence-corrected chi connectivity index (χ2v) is 7.39. The lowest BCUT2D eigenvalue weighted by Gasteiger charge is -2.35. The smallest absolute Gasteiger partial charge is 0.281 e. The van der Waals surface area contributed by atoms with Crippen LogP contribution in [0.2, 0.25) is 5.02 Å². The molecule has 21 heavy (non-hydrogen) atoms. The summed E-state index contributed by atoms with van der Waals surface area (Å²) >= 11 is 5.98. The van der Waals surface area contributed by atoms with E-state index in [0.29, 0.717) is 23.7 Å². The maximum atomic E-state index is 12.3. The third-order valence-corrected chi connectivity index (χ3v) is 5.58. The Balaban J connectivity index is 2.05. The summed E-state index contributed by atoms with van der Waals surface area (Å²) in [4.78, 5) is 17.8. The van der Waals surface area contributed by atoms with E-state index in [9.17, 15) is 13.2 Å². The molecule has 0 spiro atoms. The Morgan fingerprint density at radius 2 is 1.90 bits per heavy atom. The predicted molar refractivity (Wildman–Crippen MR) is 79.3 cm³/mol. The molecule has 0 aliphatic carbocycles. The molecule has 7 nitrogen and oxygen atoms in total. The zero-order chi connectivity index (χ0) is 15.6. The molecule has 1 aliphatic heterocycles. The van der Waals surface area contributed by atoms with Crippen LogP contribution < -0.4 is 0 Å². The van der Waals surface area contributed by atoms with E-state index in [4.69, 9.17) is 11.6 Å². The van der Waals surface area contributed by atoms with Crippen LogP contribution >= 0.6 is 11.6 Å². The van der Waals surface area contributed by atoms with E-state index in [-0.39, 0.29) is 19.0 Å². The fraction of sp³-hybridized carbons (Fsp3) is 0.500. The number of piperazine rings is 1. The molecule has 1 aliphatic rings. The molecule has 1 fully saturated rings. The molecular weight excluding hydrogens is 316 g/mol. The fourth-order valence-electron chi connectivity index (χ4n) is 2.06. The number of hydrogen-bond acceptors (Lipinski definition) is 4.